The minimum Gasteiger partial charge on any atom is -0.300 e. The molecular weight excluding hydrogens is 178 g/mol. The van der Waals surface area contributed by atoms with Crippen LogP contribution in [0.5, 0.6) is 0 Å². The maximum Gasteiger partial charge on any atom is 0.150 e. The zero-order chi connectivity index (χ0) is 10.4. The molecule has 0 aliphatic carbocycles. The van der Waals surface area contributed by atoms with Crippen LogP contribution in [0.4, 0.5) is 0 Å². The molecule has 0 aliphatic rings. The molecule has 0 bridgehead atoms. The van der Waals surface area contributed by atoms with Gasteiger partial charge in [-0.1, -0.05) is 24.3 Å². The molecule has 0 saturated carbocycles. The fraction of sp³-hybridized carbons (Fsp3) is 0.182. The molecule has 14 heavy (non-hydrogen) atoms. The Morgan fingerprint density at radius 2 is 2.29 bits per heavy atom. The van der Waals surface area contributed by atoms with Crippen LogP contribution < -0.4 is 5.90 Å². The number of benzene rings is 1. The summed E-state index contributed by atoms with van der Waals surface area (Å²) < 4.78 is 0. The maximum atomic E-state index is 10.7. The van der Waals surface area contributed by atoms with Crippen molar-refractivity contribution in [1.29, 1.82) is 0 Å². The number of carbonyl (C=O) groups excluding carboxylic acids is 1. The highest BCUT2D eigenvalue weighted by atomic mass is 16.6. The van der Waals surface area contributed by atoms with Crippen LogP contribution in [0.15, 0.2) is 30.9 Å². The molecule has 0 heterocycles. The highest BCUT2D eigenvalue weighted by molar-refractivity contribution is 5.77. The fourth-order valence-corrected chi connectivity index (χ4v) is 1.37. The van der Waals surface area contributed by atoms with Gasteiger partial charge in [0.2, 0.25) is 0 Å². The van der Waals surface area contributed by atoms with Crippen LogP contribution in [0.2, 0.25) is 0 Å². The fourth-order valence-electron chi connectivity index (χ4n) is 1.37. The van der Waals surface area contributed by atoms with Crippen molar-refractivity contribution in [2.45, 2.75) is 13.0 Å². The van der Waals surface area contributed by atoms with Crippen molar-refractivity contribution in [3.8, 4) is 0 Å². The first kappa shape index (κ1) is 10.6. The summed E-state index contributed by atoms with van der Waals surface area (Å²) in [5, 5.41) is 0. The number of hydrogen-bond acceptors (Lipinski definition) is 3. The van der Waals surface area contributed by atoms with Gasteiger partial charge in [-0.3, -0.25) is 9.63 Å². The third kappa shape index (κ3) is 2.28. The Morgan fingerprint density at radius 3 is 2.86 bits per heavy atom. The molecule has 1 aromatic rings. The van der Waals surface area contributed by atoms with Gasteiger partial charge in [-0.15, -0.1) is 6.58 Å². The smallest absolute Gasteiger partial charge is 0.150 e. The van der Waals surface area contributed by atoms with Crippen LogP contribution in [0, 0.1) is 0 Å². The van der Waals surface area contributed by atoms with E-state index >= 15 is 0 Å². The van der Waals surface area contributed by atoms with Crippen molar-refractivity contribution in [3.63, 3.8) is 0 Å². The molecule has 0 aliphatic heterocycles. The van der Waals surface area contributed by atoms with Gasteiger partial charge in [-0.2, -0.15) is 0 Å². The minimum absolute atomic E-state index is 0.248. The van der Waals surface area contributed by atoms with E-state index < -0.39 is 0 Å². The molecule has 3 heteroatoms. The zero-order valence-corrected chi connectivity index (χ0v) is 7.90. The normalized spacial score (nSPS) is 9.79. The minimum atomic E-state index is 0.248. The van der Waals surface area contributed by atoms with Crippen LogP contribution in [0.3, 0.4) is 0 Å². The summed E-state index contributed by atoms with van der Waals surface area (Å²) in [4.78, 5) is 15.3. The van der Waals surface area contributed by atoms with Gasteiger partial charge in [-0.05, 0) is 17.5 Å². The summed E-state index contributed by atoms with van der Waals surface area (Å²) in [6, 6.07) is 5.51. The van der Waals surface area contributed by atoms with E-state index in [0.717, 1.165) is 17.4 Å². The summed E-state index contributed by atoms with van der Waals surface area (Å²) in [5.41, 5.74) is 2.48. The third-order valence-electron chi connectivity index (χ3n) is 2.03. The van der Waals surface area contributed by atoms with Crippen LogP contribution in [-0.4, -0.2) is 6.29 Å². The quantitative estimate of drug-likeness (QED) is 0.437. The van der Waals surface area contributed by atoms with E-state index in [9.17, 15) is 4.79 Å². The predicted octanol–water partition coefficient (Wildman–Crippen LogP) is 1.62. The van der Waals surface area contributed by atoms with E-state index in [0.29, 0.717) is 12.0 Å². The molecule has 0 saturated heterocycles. The Balaban J connectivity index is 3.12. The van der Waals surface area contributed by atoms with E-state index in [2.05, 4.69) is 11.4 Å². The Hall–Kier alpha value is -1.45. The van der Waals surface area contributed by atoms with Gasteiger partial charge in [-0.25, -0.2) is 5.90 Å². The molecule has 0 atom stereocenters. The van der Waals surface area contributed by atoms with Crippen LogP contribution in [-0.2, 0) is 17.9 Å². The SMILES string of the molecule is C=CCc1cccc(C=O)c1CON. The van der Waals surface area contributed by atoms with E-state index in [4.69, 9.17) is 5.90 Å². The Kier molecular flexibility index (Phi) is 4.04. The molecule has 1 aromatic carbocycles. The molecule has 74 valence electrons. The Labute approximate surface area is 83.1 Å². The number of aldehydes is 1. The van der Waals surface area contributed by atoms with Crippen molar-refractivity contribution < 1.29 is 9.63 Å². The maximum absolute atomic E-state index is 10.7. The first-order chi connectivity index (χ1) is 6.83. The molecular formula is C11H13NO2. The summed E-state index contributed by atoms with van der Waals surface area (Å²) in [6.45, 7) is 3.90. The van der Waals surface area contributed by atoms with Crippen molar-refractivity contribution in [2.24, 2.45) is 5.90 Å². The molecule has 1 rings (SSSR count). The second kappa shape index (κ2) is 5.32. The van der Waals surface area contributed by atoms with Crippen LogP contribution in [0.25, 0.3) is 0 Å². The van der Waals surface area contributed by atoms with Gasteiger partial charge in [0, 0.05) is 5.56 Å². The molecule has 0 fully saturated rings. The number of hydrogen-bond donors (Lipinski definition) is 1. The second-order valence-electron chi connectivity index (χ2n) is 2.91. The number of carbonyl (C=O) groups is 1. The van der Waals surface area contributed by atoms with Crippen molar-refractivity contribution in [1.82, 2.24) is 0 Å². The van der Waals surface area contributed by atoms with Gasteiger partial charge in [0.1, 0.15) is 6.29 Å². The number of nitrogens with two attached hydrogens (primary N) is 1. The number of rotatable bonds is 5. The topological polar surface area (TPSA) is 52.3 Å². The van der Waals surface area contributed by atoms with Gasteiger partial charge >= 0.3 is 0 Å². The molecule has 0 radical (unpaired) electrons. The third-order valence-corrected chi connectivity index (χ3v) is 2.03. The first-order valence-electron chi connectivity index (χ1n) is 4.32. The molecule has 0 spiro atoms. The lowest BCUT2D eigenvalue weighted by Gasteiger charge is -2.08. The van der Waals surface area contributed by atoms with E-state index in [1.54, 1.807) is 12.1 Å². The highest BCUT2D eigenvalue weighted by Crippen LogP contribution is 2.15. The monoisotopic (exact) mass is 191 g/mol. The Bertz CT molecular complexity index is 334. The molecule has 0 aromatic heterocycles. The predicted molar refractivity (Wildman–Crippen MR) is 54.7 cm³/mol. The van der Waals surface area contributed by atoms with Crippen molar-refractivity contribution in [2.75, 3.05) is 0 Å². The number of allylic oxidation sites excluding steroid dienone is 1. The average Bonchev–Trinajstić information content (AvgIpc) is 2.21. The van der Waals surface area contributed by atoms with Gasteiger partial charge in [0.15, 0.2) is 0 Å². The Morgan fingerprint density at radius 1 is 1.50 bits per heavy atom. The van der Waals surface area contributed by atoms with Gasteiger partial charge < -0.3 is 0 Å². The largest absolute Gasteiger partial charge is 0.300 e. The van der Waals surface area contributed by atoms with Gasteiger partial charge in [0.25, 0.3) is 0 Å². The lowest BCUT2D eigenvalue weighted by molar-refractivity contribution is 0.110. The van der Waals surface area contributed by atoms with Crippen molar-refractivity contribution in [3.05, 3.63) is 47.5 Å². The van der Waals surface area contributed by atoms with Crippen LogP contribution in [0.1, 0.15) is 21.5 Å². The highest BCUT2D eigenvalue weighted by Gasteiger charge is 2.06. The first-order valence-corrected chi connectivity index (χ1v) is 4.32. The summed E-state index contributed by atoms with van der Waals surface area (Å²) in [5.74, 6) is 5.01. The van der Waals surface area contributed by atoms with E-state index in [1.165, 1.54) is 0 Å². The zero-order valence-electron chi connectivity index (χ0n) is 7.90. The van der Waals surface area contributed by atoms with Gasteiger partial charge in [0.05, 0.1) is 6.61 Å². The summed E-state index contributed by atoms with van der Waals surface area (Å²) >= 11 is 0. The molecule has 3 nitrogen and oxygen atoms in total. The van der Waals surface area contributed by atoms with Crippen LogP contribution >= 0.6 is 0 Å². The van der Waals surface area contributed by atoms with Crippen molar-refractivity contribution >= 4 is 6.29 Å². The average molecular weight is 191 g/mol. The standard InChI is InChI=1S/C11H13NO2/c1-2-4-9-5-3-6-10(7-13)11(9)8-14-12/h2-3,5-7H,1,4,8,12H2. The lowest BCUT2D eigenvalue weighted by Crippen LogP contribution is -2.05. The summed E-state index contributed by atoms with van der Waals surface area (Å²) in [6.07, 6.45) is 3.30. The molecule has 2 N–H and O–H groups in total. The molecule has 0 amide bonds. The second-order valence-corrected chi connectivity index (χ2v) is 2.91. The van der Waals surface area contributed by atoms with E-state index in [-0.39, 0.29) is 6.61 Å². The molecule has 0 unspecified atom stereocenters. The summed E-state index contributed by atoms with van der Waals surface area (Å²) in [7, 11) is 0. The lowest BCUT2D eigenvalue weighted by atomic mass is 10.00. The van der Waals surface area contributed by atoms with E-state index in [1.807, 2.05) is 12.1 Å².